The fraction of sp³-hybridized carbons (Fsp3) is 0.172. The molecule has 1 amide bonds. The number of hydrogen-bond acceptors (Lipinski definition) is 5. The second-order valence-corrected chi connectivity index (χ2v) is 11.1. The first kappa shape index (κ1) is 26.0. The number of amides is 1. The Morgan fingerprint density at radius 2 is 1.57 bits per heavy atom. The molecule has 0 spiro atoms. The van der Waals surface area contributed by atoms with Crippen molar-refractivity contribution < 1.29 is 31.1 Å². The highest BCUT2D eigenvalue weighted by atomic mass is 32.2. The number of aromatic nitrogens is 2. The molecule has 7 nitrogen and oxygen atoms in total. The number of carbonyl (C=O) groups is 1. The van der Waals surface area contributed by atoms with E-state index < -0.39 is 21.8 Å². The summed E-state index contributed by atoms with van der Waals surface area (Å²) in [5, 5.41) is 1.60. The highest BCUT2D eigenvalue weighted by Crippen LogP contribution is 2.35. The van der Waals surface area contributed by atoms with E-state index in [4.69, 9.17) is 4.74 Å². The van der Waals surface area contributed by atoms with E-state index in [0.717, 1.165) is 39.0 Å². The summed E-state index contributed by atoms with van der Waals surface area (Å²) in [6, 6.07) is 20.8. The molecule has 6 rings (SSSR count). The standard InChI is InChI=1S/C29H22F3N3O4S/c30-29(31,32)21-9-11-22(12-10-21)40(37,38)35-26-18-20(28(36)34-14-16-39-17-15-34)8-13-25(26)33-27(35)24-7-3-5-19-4-1-2-6-23(19)24/h1-13,18H,14-17H2. The predicted molar refractivity (Wildman–Crippen MR) is 143 cm³/mol. The molecule has 1 fully saturated rings. The Morgan fingerprint density at radius 1 is 0.875 bits per heavy atom. The monoisotopic (exact) mass is 565 g/mol. The van der Waals surface area contributed by atoms with Crippen molar-refractivity contribution in [2.24, 2.45) is 0 Å². The number of benzene rings is 4. The normalized spacial score (nSPS) is 14.6. The van der Waals surface area contributed by atoms with Crippen molar-refractivity contribution in [2.45, 2.75) is 11.1 Å². The summed E-state index contributed by atoms with van der Waals surface area (Å²) >= 11 is 0. The second kappa shape index (κ2) is 9.76. The quantitative estimate of drug-likeness (QED) is 0.284. The molecule has 0 radical (unpaired) electrons. The summed E-state index contributed by atoms with van der Waals surface area (Å²) in [4.78, 5) is 19.2. The summed E-state index contributed by atoms with van der Waals surface area (Å²) in [7, 11) is -4.46. The van der Waals surface area contributed by atoms with Gasteiger partial charge in [0.25, 0.3) is 15.9 Å². The fourth-order valence-corrected chi connectivity index (χ4v) is 6.35. The van der Waals surface area contributed by atoms with Crippen LogP contribution in [0.25, 0.3) is 33.2 Å². The van der Waals surface area contributed by atoms with Crippen LogP contribution in [0.15, 0.2) is 89.8 Å². The minimum absolute atomic E-state index is 0.0858. The molecule has 0 unspecified atom stereocenters. The average Bonchev–Trinajstić information content (AvgIpc) is 3.36. The van der Waals surface area contributed by atoms with Gasteiger partial charge in [-0.05, 0) is 53.2 Å². The minimum Gasteiger partial charge on any atom is -0.378 e. The molecule has 11 heteroatoms. The molecule has 1 aliphatic heterocycles. The summed E-state index contributed by atoms with van der Waals surface area (Å²) in [6.07, 6.45) is -4.62. The van der Waals surface area contributed by atoms with Crippen molar-refractivity contribution >= 4 is 37.7 Å². The van der Waals surface area contributed by atoms with Gasteiger partial charge in [0.15, 0.2) is 5.82 Å². The van der Waals surface area contributed by atoms with Crippen LogP contribution in [-0.4, -0.2) is 54.5 Å². The minimum atomic E-state index is -4.62. The molecule has 0 bridgehead atoms. The van der Waals surface area contributed by atoms with Crippen molar-refractivity contribution in [3.63, 3.8) is 0 Å². The summed E-state index contributed by atoms with van der Waals surface area (Å²) < 4.78 is 74.2. The lowest BCUT2D eigenvalue weighted by molar-refractivity contribution is -0.137. The highest BCUT2D eigenvalue weighted by Gasteiger charge is 2.32. The zero-order valence-corrected chi connectivity index (χ0v) is 21.7. The van der Waals surface area contributed by atoms with Gasteiger partial charge in [-0.3, -0.25) is 4.79 Å². The lowest BCUT2D eigenvalue weighted by Crippen LogP contribution is -2.40. The number of carbonyl (C=O) groups excluding carboxylic acids is 1. The van der Waals surface area contributed by atoms with Crippen LogP contribution in [0.2, 0.25) is 0 Å². The molecule has 1 aliphatic rings. The van der Waals surface area contributed by atoms with E-state index in [1.54, 1.807) is 29.2 Å². The average molecular weight is 566 g/mol. The van der Waals surface area contributed by atoms with Crippen LogP contribution >= 0.6 is 0 Å². The number of alkyl halides is 3. The van der Waals surface area contributed by atoms with Crippen LogP contribution in [0.3, 0.4) is 0 Å². The molecule has 1 saturated heterocycles. The Kier molecular flexibility index (Phi) is 6.35. The van der Waals surface area contributed by atoms with Gasteiger partial charge in [-0.2, -0.15) is 13.2 Å². The number of ether oxygens (including phenoxy) is 1. The van der Waals surface area contributed by atoms with Crippen molar-refractivity contribution in [2.75, 3.05) is 26.3 Å². The van der Waals surface area contributed by atoms with E-state index >= 15 is 0 Å². The van der Waals surface area contributed by atoms with Gasteiger partial charge >= 0.3 is 6.18 Å². The van der Waals surface area contributed by atoms with Gasteiger partial charge in [-0.1, -0.05) is 42.5 Å². The van der Waals surface area contributed by atoms with Crippen molar-refractivity contribution in [1.82, 2.24) is 13.9 Å². The molecular formula is C29H22F3N3O4S. The van der Waals surface area contributed by atoms with Gasteiger partial charge in [-0.25, -0.2) is 17.4 Å². The van der Waals surface area contributed by atoms with E-state index in [1.165, 1.54) is 6.07 Å². The topological polar surface area (TPSA) is 81.5 Å². The van der Waals surface area contributed by atoms with Gasteiger partial charge in [0.1, 0.15) is 0 Å². The molecular weight excluding hydrogens is 543 g/mol. The Balaban J connectivity index is 1.59. The molecule has 0 N–H and O–H groups in total. The van der Waals surface area contributed by atoms with E-state index in [0.29, 0.717) is 37.4 Å². The SMILES string of the molecule is O=C(c1ccc2nc(-c3cccc4ccccc34)n(S(=O)(=O)c3ccc(C(F)(F)F)cc3)c2c1)N1CCOCC1. The van der Waals surface area contributed by atoms with Crippen molar-refractivity contribution in [3.8, 4) is 11.4 Å². The van der Waals surface area contributed by atoms with Crippen LogP contribution in [-0.2, 0) is 20.9 Å². The maximum atomic E-state index is 14.1. The van der Waals surface area contributed by atoms with Gasteiger partial charge in [-0.15, -0.1) is 0 Å². The molecule has 4 aromatic carbocycles. The predicted octanol–water partition coefficient (Wildman–Crippen LogP) is 5.58. The smallest absolute Gasteiger partial charge is 0.378 e. The van der Waals surface area contributed by atoms with Crippen LogP contribution in [0.4, 0.5) is 13.2 Å². The van der Waals surface area contributed by atoms with Gasteiger partial charge in [0.2, 0.25) is 0 Å². The van der Waals surface area contributed by atoms with Crippen LogP contribution in [0, 0.1) is 0 Å². The molecule has 204 valence electrons. The van der Waals surface area contributed by atoms with Gasteiger partial charge in [0.05, 0.1) is 34.7 Å². The zero-order valence-electron chi connectivity index (χ0n) is 20.9. The zero-order chi connectivity index (χ0) is 28.1. The largest absolute Gasteiger partial charge is 0.416 e. The summed E-state index contributed by atoms with van der Waals surface area (Å²) in [5.74, 6) is -0.195. The van der Waals surface area contributed by atoms with E-state index in [2.05, 4.69) is 4.98 Å². The lowest BCUT2D eigenvalue weighted by atomic mass is 10.0. The lowest BCUT2D eigenvalue weighted by Gasteiger charge is -2.26. The third kappa shape index (κ3) is 4.50. The first-order chi connectivity index (χ1) is 19.1. The van der Waals surface area contributed by atoms with Gasteiger partial charge < -0.3 is 9.64 Å². The number of morpholine rings is 1. The van der Waals surface area contributed by atoms with Crippen molar-refractivity contribution in [1.29, 1.82) is 0 Å². The third-order valence-corrected chi connectivity index (χ3v) is 8.63. The number of imidazole rings is 1. The Labute approximate surface area is 227 Å². The molecule has 0 saturated carbocycles. The third-order valence-electron chi connectivity index (χ3n) is 6.91. The van der Waals surface area contributed by atoms with E-state index in [-0.39, 0.29) is 27.7 Å². The maximum Gasteiger partial charge on any atom is 0.416 e. The molecule has 40 heavy (non-hydrogen) atoms. The fourth-order valence-electron chi connectivity index (χ4n) is 4.89. The number of nitrogens with zero attached hydrogens (tertiary/aromatic N) is 3. The first-order valence-corrected chi connectivity index (χ1v) is 13.9. The highest BCUT2D eigenvalue weighted by molar-refractivity contribution is 7.90. The first-order valence-electron chi connectivity index (χ1n) is 12.4. The molecule has 2 heterocycles. The van der Waals surface area contributed by atoms with Crippen LogP contribution < -0.4 is 0 Å². The molecule has 0 atom stereocenters. The summed E-state index contributed by atoms with van der Waals surface area (Å²) in [5.41, 5.74) is 0.280. The number of halogens is 3. The van der Waals surface area contributed by atoms with Gasteiger partial charge in [0, 0.05) is 24.2 Å². The Morgan fingerprint density at radius 3 is 2.30 bits per heavy atom. The molecule has 0 aliphatic carbocycles. The van der Waals surface area contributed by atoms with Crippen LogP contribution in [0.1, 0.15) is 15.9 Å². The number of hydrogen-bond donors (Lipinski definition) is 0. The number of rotatable bonds is 4. The molecule has 1 aromatic heterocycles. The van der Waals surface area contributed by atoms with Crippen molar-refractivity contribution in [3.05, 3.63) is 96.1 Å². The summed E-state index contributed by atoms with van der Waals surface area (Å²) in [6.45, 7) is 1.61. The number of fused-ring (bicyclic) bond motifs is 2. The molecule has 5 aromatic rings. The maximum absolute atomic E-state index is 14.1. The Hall–Kier alpha value is -4.22. The Bertz CT molecular complexity index is 1850. The van der Waals surface area contributed by atoms with E-state index in [1.807, 2.05) is 30.3 Å². The second-order valence-electron chi connectivity index (χ2n) is 9.36. The van der Waals surface area contributed by atoms with E-state index in [9.17, 15) is 26.4 Å². The van der Waals surface area contributed by atoms with Crippen LogP contribution in [0.5, 0.6) is 0 Å².